The first-order chi connectivity index (χ1) is 15.1. The summed E-state index contributed by atoms with van der Waals surface area (Å²) < 4.78 is 12.6. The first-order valence-corrected chi connectivity index (χ1v) is 10.5. The van der Waals surface area contributed by atoms with Gasteiger partial charge < -0.3 is 9.15 Å². The lowest BCUT2D eigenvalue weighted by Gasteiger charge is -2.06. The fourth-order valence-electron chi connectivity index (χ4n) is 3.26. The molecule has 5 rings (SSSR count). The molecule has 0 saturated heterocycles. The molecule has 0 aliphatic rings. The Bertz CT molecular complexity index is 1510. The molecule has 4 heterocycles. The highest BCUT2D eigenvalue weighted by atomic mass is 32.2. The molecule has 0 unspecified atom stereocenters. The number of hydrogen-bond donors (Lipinski definition) is 0. The maximum Gasteiger partial charge on any atom is 0.316 e. The molecule has 0 fully saturated rings. The minimum Gasteiger partial charge on any atom is -0.459 e. The van der Waals surface area contributed by atoms with Crippen molar-refractivity contribution in [2.24, 2.45) is 0 Å². The van der Waals surface area contributed by atoms with E-state index in [4.69, 9.17) is 9.15 Å². The lowest BCUT2D eigenvalue weighted by molar-refractivity contribution is -0.141. The van der Waals surface area contributed by atoms with E-state index in [1.165, 1.54) is 28.6 Å². The summed E-state index contributed by atoms with van der Waals surface area (Å²) in [6, 6.07) is 12.6. The number of esters is 1. The van der Waals surface area contributed by atoms with Crippen LogP contribution in [0.15, 0.2) is 69.2 Å². The van der Waals surface area contributed by atoms with Crippen molar-refractivity contribution in [1.29, 1.82) is 0 Å². The summed E-state index contributed by atoms with van der Waals surface area (Å²) in [5.41, 5.74) is 3.60. The second-order valence-electron chi connectivity index (χ2n) is 6.92. The Kier molecular flexibility index (Phi) is 4.87. The monoisotopic (exact) mass is 432 g/mol. The molecule has 31 heavy (non-hydrogen) atoms. The number of fused-ring (bicyclic) bond motifs is 4. The third-order valence-electron chi connectivity index (χ3n) is 4.69. The lowest BCUT2D eigenvalue weighted by atomic mass is 10.2. The van der Waals surface area contributed by atoms with Crippen LogP contribution in [0.3, 0.4) is 0 Å². The Labute approximate surface area is 179 Å². The average Bonchev–Trinajstić information content (AvgIpc) is 3.16. The third kappa shape index (κ3) is 3.75. The SMILES string of the molecule is Cc1ccc2nc(COC(=O)CSc3ncnc4c3oc3ccccc34)cc(=O)n2c1. The summed E-state index contributed by atoms with van der Waals surface area (Å²) in [5, 5.41) is 1.46. The van der Waals surface area contributed by atoms with Crippen molar-refractivity contribution in [3.8, 4) is 0 Å². The van der Waals surface area contributed by atoms with Crippen LogP contribution < -0.4 is 5.56 Å². The number of aryl methyl sites for hydroxylation is 1. The van der Waals surface area contributed by atoms with Gasteiger partial charge in [0, 0.05) is 17.6 Å². The van der Waals surface area contributed by atoms with E-state index in [0.717, 1.165) is 10.9 Å². The van der Waals surface area contributed by atoms with Gasteiger partial charge in [-0.3, -0.25) is 14.0 Å². The molecule has 0 atom stereocenters. The number of carbonyl (C=O) groups excluding carboxylic acids is 1. The first kappa shape index (κ1) is 19.3. The van der Waals surface area contributed by atoms with E-state index in [9.17, 15) is 9.59 Å². The van der Waals surface area contributed by atoms with Crippen molar-refractivity contribution in [3.63, 3.8) is 0 Å². The van der Waals surface area contributed by atoms with Crippen LogP contribution in [0, 0.1) is 6.92 Å². The largest absolute Gasteiger partial charge is 0.459 e. The zero-order valence-corrected chi connectivity index (χ0v) is 17.3. The zero-order valence-electron chi connectivity index (χ0n) is 16.4. The van der Waals surface area contributed by atoms with Gasteiger partial charge in [0.1, 0.15) is 34.7 Å². The van der Waals surface area contributed by atoms with Gasteiger partial charge in [-0.15, -0.1) is 0 Å². The minimum absolute atomic E-state index is 0.0366. The Hall–Kier alpha value is -3.72. The van der Waals surface area contributed by atoms with E-state index >= 15 is 0 Å². The summed E-state index contributed by atoms with van der Waals surface area (Å²) in [5.74, 6) is -0.409. The fraction of sp³-hybridized carbons (Fsp3) is 0.136. The van der Waals surface area contributed by atoms with Crippen LogP contribution >= 0.6 is 11.8 Å². The van der Waals surface area contributed by atoms with Crippen molar-refractivity contribution in [3.05, 3.63) is 76.6 Å². The maximum atomic E-state index is 12.3. The number of rotatable bonds is 5. The van der Waals surface area contributed by atoms with E-state index < -0.39 is 5.97 Å². The van der Waals surface area contributed by atoms with E-state index in [2.05, 4.69) is 15.0 Å². The molecule has 0 aliphatic heterocycles. The highest BCUT2D eigenvalue weighted by Gasteiger charge is 2.15. The molecule has 154 valence electrons. The molecule has 5 aromatic rings. The quantitative estimate of drug-likeness (QED) is 0.236. The zero-order chi connectivity index (χ0) is 21.4. The van der Waals surface area contributed by atoms with Gasteiger partial charge in [0.2, 0.25) is 0 Å². The smallest absolute Gasteiger partial charge is 0.316 e. The molecule has 1 aromatic carbocycles. The predicted molar refractivity (Wildman–Crippen MR) is 116 cm³/mol. The summed E-state index contributed by atoms with van der Waals surface area (Å²) in [6.45, 7) is 1.82. The Morgan fingerprint density at radius 2 is 2.06 bits per heavy atom. The molecule has 8 nitrogen and oxygen atoms in total. The molecule has 0 N–H and O–H groups in total. The number of benzene rings is 1. The molecular weight excluding hydrogens is 416 g/mol. The minimum atomic E-state index is -0.446. The standard InChI is InChI=1S/C22H16N4O4S/c1-13-6-7-17-25-14(8-18(27)26(17)9-13)10-29-19(28)11-31-22-21-20(23-12-24-22)15-4-2-3-5-16(15)30-21/h2-9,12H,10-11H2,1H3. The van der Waals surface area contributed by atoms with Crippen LogP contribution in [0.25, 0.3) is 27.7 Å². The van der Waals surface area contributed by atoms with Crippen molar-refractivity contribution in [2.45, 2.75) is 18.6 Å². The number of aromatic nitrogens is 4. The first-order valence-electron chi connectivity index (χ1n) is 9.48. The van der Waals surface area contributed by atoms with Gasteiger partial charge in [0.15, 0.2) is 5.58 Å². The van der Waals surface area contributed by atoms with Crippen molar-refractivity contribution in [1.82, 2.24) is 19.4 Å². The van der Waals surface area contributed by atoms with Crippen LogP contribution in [-0.4, -0.2) is 31.1 Å². The van der Waals surface area contributed by atoms with Crippen LogP contribution in [0.5, 0.6) is 0 Å². The number of nitrogens with zero attached hydrogens (tertiary/aromatic N) is 4. The summed E-state index contributed by atoms with van der Waals surface area (Å²) in [6.07, 6.45) is 3.17. The number of pyridine rings is 1. The Balaban J connectivity index is 1.28. The summed E-state index contributed by atoms with van der Waals surface area (Å²) in [4.78, 5) is 37.4. The summed E-state index contributed by atoms with van der Waals surface area (Å²) >= 11 is 1.21. The molecule has 0 radical (unpaired) electrons. The lowest BCUT2D eigenvalue weighted by Crippen LogP contribution is -2.17. The molecule has 0 aliphatic carbocycles. The van der Waals surface area contributed by atoms with E-state index in [1.54, 1.807) is 12.3 Å². The normalized spacial score (nSPS) is 11.4. The molecule has 0 spiro atoms. The third-order valence-corrected chi connectivity index (χ3v) is 5.64. The Morgan fingerprint density at radius 3 is 2.97 bits per heavy atom. The van der Waals surface area contributed by atoms with Crippen molar-refractivity contribution >= 4 is 45.4 Å². The van der Waals surface area contributed by atoms with Gasteiger partial charge >= 0.3 is 5.97 Å². The Morgan fingerprint density at radius 1 is 1.19 bits per heavy atom. The van der Waals surface area contributed by atoms with E-state index in [1.807, 2.05) is 37.3 Å². The molecule has 4 aromatic heterocycles. The van der Waals surface area contributed by atoms with Gasteiger partial charge in [0.05, 0.1) is 11.4 Å². The van der Waals surface area contributed by atoms with Gasteiger partial charge in [-0.1, -0.05) is 30.0 Å². The van der Waals surface area contributed by atoms with Crippen LogP contribution in [0.1, 0.15) is 11.3 Å². The van der Waals surface area contributed by atoms with Gasteiger partial charge in [0.25, 0.3) is 5.56 Å². The number of hydrogen-bond acceptors (Lipinski definition) is 8. The second-order valence-corrected chi connectivity index (χ2v) is 7.89. The predicted octanol–water partition coefficient (Wildman–Crippen LogP) is 3.53. The van der Waals surface area contributed by atoms with Crippen molar-refractivity contribution in [2.75, 3.05) is 5.75 Å². The van der Waals surface area contributed by atoms with Gasteiger partial charge in [-0.05, 0) is 30.7 Å². The molecule has 0 bridgehead atoms. The van der Waals surface area contributed by atoms with Gasteiger partial charge in [-0.25, -0.2) is 15.0 Å². The van der Waals surface area contributed by atoms with Crippen LogP contribution in [0.4, 0.5) is 0 Å². The highest BCUT2D eigenvalue weighted by Crippen LogP contribution is 2.32. The molecular formula is C22H16N4O4S. The number of thioether (sulfide) groups is 1. The fourth-order valence-corrected chi connectivity index (χ4v) is 3.99. The number of ether oxygens (including phenoxy) is 1. The topological polar surface area (TPSA) is 99.6 Å². The van der Waals surface area contributed by atoms with E-state index in [0.29, 0.717) is 33.0 Å². The highest BCUT2D eigenvalue weighted by molar-refractivity contribution is 8.00. The number of carbonyl (C=O) groups is 1. The van der Waals surface area contributed by atoms with E-state index in [-0.39, 0.29) is 17.9 Å². The van der Waals surface area contributed by atoms with Crippen LogP contribution in [0.2, 0.25) is 0 Å². The average molecular weight is 432 g/mol. The molecule has 0 amide bonds. The summed E-state index contributed by atoms with van der Waals surface area (Å²) in [7, 11) is 0. The number of para-hydroxylation sites is 1. The van der Waals surface area contributed by atoms with Crippen LogP contribution in [-0.2, 0) is 16.1 Å². The molecule has 0 saturated carbocycles. The second kappa shape index (κ2) is 7.84. The maximum absolute atomic E-state index is 12.3. The van der Waals surface area contributed by atoms with Gasteiger partial charge in [-0.2, -0.15) is 0 Å². The number of furan rings is 1. The van der Waals surface area contributed by atoms with Crippen molar-refractivity contribution < 1.29 is 13.9 Å². The molecule has 9 heteroatoms.